The molecule has 3 nitrogen and oxygen atoms in total. The van der Waals surface area contributed by atoms with E-state index < -0.39 is 0 Å². The molecule has 3 rings (SSSR count). The summed E-state index contributed by atoms with van der Waals surface area (Å²) in [6, 6.07) is 17.9. The van der Waals surface area contributed by atoms with Crippen molar-refractivity contribution in [3.05, 3.63) is 72.1 Å². The van der Waals surface area contributed by atoms with Crippen LogP contribution in [0.15, 0.2) is 60.8 Å². The number of nitrogens with two attached hydrogens (primary N) is 1. The number of hydrogen-bond donors (Lipinski definition) is 1. The van der Waals surface area contributed by atoms with E-state index in [1.807, 2.05) is 30.3 Å². The molecular formula is C17H16N2O. The van der Waals surface area contributed by atoms with Crippen molar-refractivity contribution >= 4 is 10.8 Å². The van der Waals surface area contributed by atoms with Gasteiger partial charge in [0.05, 0.1) is 13.2 Å². The number of benzene rings is 2. The third-order valence-corrected chi connectivity index (χ3v) is 3.45. The van der Waals surface area contributed by atoms with Crippen LogP contribution in [0.25, 0.3) is 10.8 Å². The highest BCUT2D eigenvalue weighted by Gasteiger charge is 2.15. The second-order valence-corrected chi connectivity index (χ2v) is 4.68. The molecule has 0 aliphatic rings. The predicted molar refractivity (Wildman–Crippen MR) is 80.8 cm³/mol. The summed E-state index contributed by atoms with van der Waals surface area (Å²) in [7, 11) is 1.63. The maximum Gasteiger partial charge on any atom is 0.142 e. The van der Waals surface area contributed by atoms with Gasteiger partial charge in [0.1, 0.15) is 11.4 Å². The second-order valence-electron chi connectivity index (χ2n) is 4.68. The molecule has 0 saturated carbocycles. The second kappa shape index (κ2) is 5.31. The molecule has 1 aromatic heterocycles. The van der Waals surface area contributed by atoms with Crippen molar-refractivity contribution < 1.29 is 4.74 Å². The van der Waals surface area contributed by atoms with Crippen LogP contribution in [0.4, 0.5) is 0 Å². The van der Waals surface area contributed by atoms with Crippen LogP contribution in [0.2, 0.25) is 0 Å². The Morgan fingerprint density at radius 1 is 1.00 bits per heavy atom. The third kappa shape index (κ3) is 2.24. The van der Waals surface area contributed by atoms with Crippen LogP contribution in [0.1, 0.15) is 17.3 Å². The predicted octanol–water partition coefficient (Wildman–Crippen LogP) is 3.29. The first-order chi connectivity index (χ1) is 9.79. The average molecular weight is 264 g/mol. The van der Waals surface area contributed by atoms with E-state index in [0.717, 1.165) is 11.3 Å². The van der Waals surface area contributed by atoms with Gasteiger partial charge >= 0.3 is 0 Å². The van der Waals surface area contributed by atoms with Gasteiger partial charge in [-0.3, -0.25) is 4.98 Å². The number of hydrogen-bond acceptors (Lipinski definition) is 3. The van der Waals surface area contributed by atoms with Crippen LogP contribution in [0.5, 0.6) is 5.75 Å². The van der Waals surface area contributed by atoms with E-state index in [4.69, 9.17) is 10.5 Å². The Bertz CT molecular complexity index is 740. The molecule has 1 unspecified atom stereocenters. The van der Waals surface area contributed by atoms with Gasteiger partial charge in [0.25, 0.3) is 0 Å². The van der Waals surface area contributed by atoms with E-state index in [1.165, 1.54) is 10.8 Å². The van der Waals surface area contributed by atoms with E-state index in [-0.39, 0.29) is 6.04 Å². The van der Waals surface area contributed by atoms with Crippen molar-refractivity contribution in [3.63, 3.8) is 0 Å². The summed E-state index contributed by atoms with van der Waals surface area (Å²) >= 11 is 0. The molecular weight excluding hydrogens is 248 g/mol. The van der Waals surface area contributed by atoms with Crippen molar-refractivity contribution in [2.75, 3.05) is 7.11 Å². The summed E-state index contributed by atoms with van der Waals surface area (Å²) in [6.07, 6.45) is 1.73. The van der Waals surface area contributed by atoms with Crippen molar-refractivity contribution in [3.8, 4) is 5.75 Å². The van der Waals surface area contributed by atoms with Gasteiger partial charge in [0.2, 0.25) is 0 Å². The zero-order valence-corrected chi connectivity index (χ0v) is 11.3. The molecule has 1 heterocycles. The van der Waals surface area contributed by atoms with E-state index in [2.05, 4.69) is 29.2 Å². The smallest absolute Gasteiger partial charge is 0.142 e. The molecule has 2 N–H and O–H groups in total. The Morgan fingerprint density at radius 2 is 1.80 bits per heavy atom. The van der Waals surface area contributed by atoms with Crippen LogP contribution in [0, 0.1) is 0 Å². The van der Waals surface area contributed by atoms with Crippen LogP contribution >= 0.6 is 0 Å². The lowest BCUT2D eigenvalue weighted by Gasteiger charge is -2.15. The van der Waals surface area contributed by atoms with E-state index in [1.54, 1.807) is 13.3 Å². The number of aromatic nitrogens is 1. The summed E-state index contributed by atoms with van der Waals surface area (Å²) in [6.45, 7) is 0. The van der Waals surface area contributed by atoms with Crippen LogP contribution in [0.3, 0.4) is 0 Å². The Morgan fingerprint density at radius 3 is 2.60 bits per heavy atom. The minimum Gasteiger partial charge on any atom is -0.495 e. The molecule has 2 aromatic carbocycles. The van der Waals surface area contributed by atoms with Gasteiger partial charge in [-0.05, 0) is 34.5 Å². The third-order valence-electron chi connectivity index (χ3n) is 3.45. The Kier molecular flexibility index (Phi) is 3.35. The zero-order chi connectivity index (χ0) is 13.9. The minimum absolute atomic E-state index is 0.296. The van der Waals surface area contributed by atoms with Crippen LogP contribution in [-0.2, 0) is 0 Å². The molecule has 0 aliphatic heterocycles. The number of pyridine rings is 1. The van der Waals surface area contributed by atoms with Gasteiger partial charge in [-0.25, -0.2) is 0 Å². The molecule has 0 aliphatic carbocycles. The fraction of sp³-hybridized carbons (Fsp3) is 0.118. The summed E-state index contributed by atoms with van der Waals surface area (Å²) < 4.78 is 5.33. The van der Waals surface area contributed by atoms with Crippen LogP contribution in [-0.4, -0.2) is 12.1 Å². The molecule has 100 valence electrons. The monoisotopic (exact) mass is 264 g/mol. The Balaban J connectivity index is 2.05. The molecule has 0 fully saturated rings. The normalized spacial score (nSPS) is 12.3. The molecule has 20 heavy (non-hydrogen) atoms. The van der Waals surface area contributed by atoms with Crippen molar-refractivity contribution in [2.45, 2.75) is 6.04 Å². The Labute approximate surface area is 118 Å². The molecule has 0 amide bonds. The highest BCUT2D eigenvalue weighted by Crippen LogP contribution is 2.27. The lowest BCUT2D eigenvalue weighted by atomic mass is 9.99. The molecule has 0 radical (unpaired) electrons. The fourth-order valence-electron chi connectivity index (χ4n) is 2.37. The molecule has 1 atom stereocenters. The minimum atomic E-state index is -0.296. The maximum atomic E-state index is 6.34. The number of rotatable bonds is 3. The number of ether oxygens (including phenoxy) is 1. The summed E-state index contributed by atoms with van der Waals surface area (Å²) in [4.78, 5) is 4.36. The standard InChI is InChI=1S/C17H16N2O/c1-20-15-7-4-10-19-17(15)16(18)14-9-8-12-5-2-3-6-13(12)11-14/h2-11,16H,18H2,1H3. The van der Waals surface area contributed by atoms with Gasteiger partial charge in [-0.15, -0.1) is 0 Å². The van der Waals surface area contributed by atoms with Gasteiger partial charge < -0.3 is 10.5 Å². The lowest BCUT2D eigenvalue weighted by Crippen LogP contribution is -2.14. The van der Waals surface area contributed by atoms with E-state index in [9.17, 15) is 0 Å². The molecule has 3 heteroatoms. The van der Waals surface area contributed by atoms with Crippen molar-refractivity contribution in [2.24, 2.45) is 5.73 Å². The molecule has 0 bridgehead atoms. The number of methoxy groups -OCH3 is 1. The summed E-state index contributed by atoms with van der Waals surface area (Å²) in [5.74, 6) is 0.716. The first-order valence-electron chi connectivity index (χ1n) is 6.53. The highest BCUT2D eigenvalue weighted by atomic mass is 16.5. The van der Waals surface area contributed by atoms with Gasteiger partial charge in [-0.2, -0.15) is 0 Å². The first kappa shape index (κ1) is 12.6. The van der Waals surface area contributed by atoms with Gasteiger partial charge in [0, 0.05) is 6.20 Å². The zero-order valence-electron chi connectivity index (χ0n) is 11.3. The highest BCUT2D eigenvalue weighted by molar-refractivity contribution is 5.83. The maximum absolute atomic E-state index is 6.34. The molecule has 0 saturated heterocycles. The van der Waals surface area contributed by atoms with Gasteiger partial charge in [-0.1, -0.05) is 36.4 Å². The van der Waals surface area contributed by atoms with E-state index in [0.29, 0.717) is 5.75 Å². The quantitative estimate of drug-likeness (QED) is 0.789. The van der Waals surface area contributed by atoms with Gasteiger partial charge in [0.15, 0.2) is 0 Å². The molecule has 3 aromatic rings. The largest absolute Gasteiger partial charge is 0.495 e. The molecule has 0 spiro atoms. The summed E-state index contributed by atoms with van der Waals surface area (Å²) in [5.41, 5.74) is 8.12. The lowest BCUT2D eigenvalue weighted by molar-refractivity contribution is 0.404. The SMILES string of the molecule is COc1cccnc1C(N)c1ccc2ccccc2c1. The van der Waals surface area contributed by atoms with Crippen molar-refractivity contribution in [1.82, 2.24) is 4.98 Å². The topological polar surface area (TPSA) is 48.1 Å². The fourth-order valence-corrected chi connectivity index (χ4v) is 2.37. The summed E-state index contributed by atoms with van der Waals surface area (Å²) in [5, 5.41) is 2.38. The Hall–Kier alpha value is -2.39. The number of fused-ring (bicyclic) bond motifs is 1. The van der Waals surface area contributed by atoms with Crippen molar-refractivity contribution in [1.29, 1.82) is 0 Å². The van der Waals surface area contributed by atoms with Crippen LogP contribution < -0.4 is 10.5 Å². The number of nitrogens with zero attached hydrogens (tertiary/aromatic N) is 1. The first-order valence-corrected chi connectivity index (χ1v) is 6.53. The van der Waals surface area contributed by atoms with E-state index >= 15 is 0 Å². The average Bonchev–Trinajstić information content (AvgIpc) is 2.53.